The molecule has 0 bridgehead atoms. The van der Waals surface area contributed by atoms with Crippen LogP contribution in [0.1, 0.15) is 23.6 Å². The van der Waals surface area contributed by atoms with E-state index in [1.54, 1.807) is 0 Å². The van der Waals surface area contributed by atoms with Crippen LogP contribution in [0.15, 0.2) is 101 Å². The van der Waals surface area contributed by atoms with Gasteiger partial charge in [-0.15, -0.1) is 0 Å². The van der Waals surface area contributed by atoms with Gasteiger partial charge in [0.1, 0.15) is 0 Å². The van der Waals surface area contributed by atoms with Crippen molar-refractivity contribution >= 4 is 33.4 Å². The Morgan fingerprint density at radius 2 is 1.58 bits per heavy atom. The molecule has 0 radical (unpaired) electrons. The number of hydrogen-bond donors (Lipinski definition) is 0. The molecule has 128 valence electrons. The van der Waals surface area contributed by atoms with Crippen molar-refractivity contribution in [1.82, 2.24) is 0 Å². The van der Waals surface area contributed by atoms with E-state index in [0.717, 1.165) is 22.3 Å². The second-order valence-electron chi connectivity index (χ2n) is 6.29. The molecule has 4 rings (SSSR count). The van der Waals surface area contributed by atoms with Gasteiger partial charge in [0.25, 0.3) is 0 Å². The highest BCUT2D eigenvalue weighted by atomic mass is 79.9. The van der Waals surface area contributed by atoms with Crippen molar-refractivity contribution in [3.8, 4) is 0 Å². The third-order valence-corrected chi connectivity index (χ3v) is 4.95. The molecule has 0 spiro atoms. The van der Waals surface area contributed by atoms with E-state index in [1.807, 2.05) is 12.1 Å². The third-order valence-electron chi connectivity index (χ3n) is 4.46. The maximum absolute atomic E-state index is 4.91. The lowest BCUT2D eigenvalue weighted by Crippen LogP contribution is -2.18. The topological polar surface area (TPSA) is 15.6 Å². The van der Waals surface area contributed by atoms with Crippen molar-refractivity contribution in [2.45, 2.75) is 12.5 Å². The summed E-state index contributed by atoms with van der Waals surface area (Å²) >= 11 is 3.57. The third kappa shape index (κ3) is 3.78. The minimum atomic E-state index is 0.209. The molecule has 1 heterocycles. The Morgan fingerprint density at radius 3 is 2.31 bits per heavy atom. The van der Waals surface area contributed by atoms with Crippen LogP contribution in [-0.4, -0.2) is 5.71 Å². The number of nitrogens with zero attached hydrogens (tertiary/aromatic N) is 2. The lowest BCUT2D eigenvalue weighted by atomic mass is 10.0. The van der Waals surface area contributed by atoms with E-state index < -0.39 is 0 Å². The Labute approximate surface area is 162 Å². The summed E-state index contributed by atoms with van der Waals surface area (Å²) in [4.78, 5) is 0. The minimum absolute atomic E-state index is 0.209. The van der Waals surface area contributed by atoms with Crippen LogP contribution in [0.5, 0.6) is 0 Å². The molecule has 1 unspecified atom stereocenters. The molecule has 1 atom stereocenters. The number of anilines is 1. The molecule has 0 aliphatic carbocycles. The molecule has 1 aliphatic rings. The number of rotatable bonds is 4. The summed E-state index contributed by atoms with van der Waals surface area (Å²) in [5.41, 5.74) is 4.64. The Balaban J connectivity index is 1.66. The molecule has 26 heavy (non-hydrogen) atoms. The van der Waals surface area contributed by atoms with Crippen molar-refractivity contribution in [2.24, 2.45) is 5.10 Å². The van der Waals surface area contributed by atoms with E-state index in [9.17, 15) is 0 Å². The summed E-state index contributed by atoms with van der Waals surface area (Å²) in [5, 5.41) is 7.04. The zero-order valence-electron chi connectivity index (χ0n) is 14.3. The SMILES string of the molecule is Brc1cccc(N2N=C(/C=C/c3ccccc3)CC2c2ccccc2)c1. The van der Waals surface area contributed by atoms with Gasteiger partial charge in [0, 0.05) is 10.9 Å². The lowest BCUT2D eigenvalue weighted by Gasteiger charge is -2.24. The monoisotopic (exact) mass is 402 g/mol. The van der Waals surface area contributed by atoms with Crippen molar-refractivity contribution in [3.63, 3.8) is 0 Å². The van der Waals surface area contributed by atoms with E-state index in [0.29, 0.717) is 0 Å². The largest absolute Gasteiger partial charge is 0.257 e. The molecule has 0 saturated carbocycles. The highest BCUT2D eigenvalue weighted by Crippen LogP contribution is 2.36. The second-order valence-corrected chi connectivity index (χ2v) is 7.21. The number of benzene rings is 3. The van der Waals surface area contributed by atoms with Gasteiger partial charge in [0.15, 0.2) is 0 Å². The molecule has 0 aromatic heterocycles. The van der Waals surface area contributed by atoms with Crippen LogP contribution in [0.3, 0.4) is 0 Å². The summed E-state index contributed by atoms with van der Waals surface area (Å²) in [5.74, 6) is 0. The van der Waals surface area contributed by atoms with E-state index in [1.165, 1.54) is 11.1 Å². The van der Waals surface area contributed by atoms with Gasteiger partial charge in [-0.3, -0.25) is 5.01 Å². The van der Waals surface area contributed by atoms with Gasteiger partial charge in [-0.25, -0.2) is 0 Å². The standard InChI is InChI=1S/C23H19BrN2/c24-20-12-7-13-22(16-20)26-23(19-10-5-2-6-11-19)17-21(25-26)15-14-18-8-3-1-4-9-18/h1-16,23H,17H2/b15-14+. The van der Waals surface area contributed by atoms with Crippen LogP contribution >= 0.6 is 15.9 Å². The first-order valence-corrected chi connectivity index (χ1v) is 9.49. The first-order valence-electron chi connectivity index (χ1n) is 8.70. The van der Waals surface area contributed by atoms with Gasteiger partial charge in [0.05, 0.1) is 17.4 Å². The van der Waals surface area contributed by atoms with Gasteiger partial charge in [-0.2, -0.15) is 5.10 Å². The average Bonchev–Trinajstić information content (AvgIpc) is 3.12. The minimum Gasteiger partial charge on any atom is -0.257 e. The molecule has 3 aromatic rings. The molecule has 0 saturated heterocycles. The molecule has 0 N–H and O–H groups in total. The first kappa shape index (κ1) is 16.8. The smallest absolute Gasteiger partial charge is 0.0831 e. The summed E-state index contributed by atoms with van der Waals surface area (Å²) < 4.78 is 1.06. The Hall–Kier alpha value is -2.65. The van der Waals surface area contributed by atoms with Gasteiger partial charge in [0.2, 0.25) is 0 Å². The normalized spacial score (nSPS) is 16.9. The van der Waals surface area contributed by atoms with Crippen molar-refractivity contribution < 1.29 is 0 Å². The van der Waals surface area contributed by atoms with Crippen LogP contribution in [-0.2, 0) is 0 Å². The molecular formula is C23H19BrN2. The fourth-order valence-electron chi connectivity index (χ4n) is 3.18. The highest BCUT2D eigenvalue weighted by molar-refractivity contribution is 9.10. The van der Waals surface area contributed by atoms with E-state index in [2.05, 4.69) is 106 Å². The number of halogens is 1. The van der Waals surface area contributed by atoms with Crippen LogP contribution in [0.4, 0.5) is 5.69 Å². The van der Waals surface area contributed by atoms with Crippen molar-refractivity contribution in [2.75, 3.05) is 5.01 Å². The van der Waals surface area contributed by atoms with Gasteiger partial charge >= 0.3 is 0 Å². The van der Waals surface area contributed by atoms with Crippen LogP contribution in [0.25, 0.3) is 6.08 Å². The second kappa shape index (κ2) is 7.71. The van der Waals surface area contributed by atoms with Crippen molar-refractivity contribution in [3.05, 3.63) is 107 Å². The molecule has 0 amide bonds. The number of hydrazone groups is 1. The summed E-state index contributed by atoms with van der Waals surface area (Å²) in [7, 11) is 0. The molecule has 0 fully saturated rings. The summed E-state index contributed by atoms with van der Waals surface area (Å²) in [6.45, 7) is 0. The predicted molar refractivity (Wildman–Crippen MR) is 113 cm³/mol. The molecule has 3 heteroatoms. The molecule has 2 nitrogen and oxygen atoms in total. The molecular weight excluding hydrogens is 384 g/mol. The Kier molecular flexibility index (Phi) is 4.98. The maximum Gasteiger partial charge on any atom is 0.0831 e. The van der Waals surface area contributed by atoms with Crippen molar-refractivity contribution in [1.29, 1.82) is 0 Å². The Bertz CT molecular complexity index is 933. The predicted octanol–water partition coefficient (Wildman–Crippen LogP) is 6.47. The van der Waals surface area contributed by atoms with Gasteiger partial charge in [-0.1, -0.05) is 88.7 Å². The zero-order chi connectivity index (χ0) is 17.8. The highest BCUT2D eigenvalue weighted by Gasteiger charge is 2.28. The molecule has 1 aliphatic heterocycles. The quantitative estimate of drug-likeness (QED) is 0.488. The lowest BCUT2D eigenvalue weighted by molar-refractivity contribution is 0.709. The first-order chi connectivity index (χ1) is 12.8. The summed E-state index contributed by atoms with van der Waals surface area (Å²) in [6.07, 6.45) is 5.15. The fourth-order valence-corrected chi connectivity index (χ4v) is 3.57. The van der Waals surface area contributed by atoms with Gasteiger partial charge in [-0.05, 0) is 35.4 Å². The maximum atomic E-state index is 4.91. The van der Waals surface area contributed by atoms with Gasteiger partial charge < -0.3 is 0 Å². The van der Waals surface area contributed by atoms with E-state index in [4.69, 9.17) is 5.10 Å². The van der Waals surface area contributed by atoms with Crippen LogP contribution in [0, 0.1) is 0 Å². The average molecular weight is 403 g/mol. The summed E-state index contributed by atoms with van der Waals surface area (Å²) in [6, 6.07) is 29.4. The Morgan fingerprint density at radius 1 is 0.846 bits per heavy atom. The molecule has 3 aromatic carbocycles. The number of allylic oxidation sites excluding steroid dienone is 1. The van der Waals surface area contributed by atoms with Crippen LogP contribution < -0.4 is 5.01 Å². The van der Waals surface area contributed by atoms with E-state index in [-0.39, 0.29) is 6.04 Å². The zero-order valence-corrected chi connectivity index (χ0v) is 15.9. The van der Waals surface area contributed by atoms with E-state index >= 15 is 0 Å². The van der Waals surface area contributed by atoms with Crippen LogP contribution in [0.2, 0.25) is 0 Å². The fraction of sp³-hybridized carbons (Fsp3) is 0.0870. The number of hydrogen-bond acceptors (Lipinski definition) is 2.